The van der Waals surface area contributed by atoms with Crippen molar-refractivity contribution in [2.75, 3.05) is 12.0 Å². The lowest BCUT2D eigenvalue weighted by molar-refractivity contribution is 0.480. The molecule has 1 saturated carbocycles. The summed E-state index contributed by atoms with van der Waals surface area (Å²) >= 11 is 0. The van der Waals surface area contributed by atoms with Gasteiger partial charge in [-0.15, -0.1) is 0 Å². The average molecular weight is 335 g/mol. The van der Waals surface area contributed by atoms with Gasteiger partial charge in [0.15, 0.2) is 15.2 Å². The normalized spacial score (nSPS) is 23.1. The Kier molecular flexibility index (Phi) is 4.89. The fraction of sp³-hybridized carbons (Fsp3) is 0.769. The number of rotatable bonds is 6. The predicted molar refractivity (Wildman–Crippen MR) is 81.8 cm³/mol. The van der Waals surface area contributed by atoms with Gasteiger partial charge >= 0.3 is 0 Å². The third kappa shape index (κ3) is 4.37. The maximum absolute atomic E-state index is 11.9. The minimum absolute atomic E-state index is 0.285. The van der Waals surface area contributed by atoms with Crippen LogP contribution in [0.15, 0.2) is 16.1 Å². The zero-order valence-corrected chi connectivity index (χ0v) is 13.7. The molecule has 0 amide bonds. The van der Waals surface area contributed by atoms with E-state index in [1.807, 2.05) is 0 Å². The van der Waals surface area contributed by atoms with Gasteiger partial charge in [-0.1, -0.05) is 0 Å². The largest absolute Gasteiger partial charge is 0.286 e. The van der Waals surface area contributed by atoms with Crippen LogP contribution < -0.4 is 0 Å². The van der Waals surface area contributed by atoms with E-state index in [1.54, 1.807) is 0 Å². The lowest BCUT2D eigenvalue weighted by Gasteiger charge is -2.16. The van der Waals surface area contributed by atoms with E-state index >= 15 is 0 Å². The second-order valence-electron chi connectivity index (χ2n) is 5.71. The third-order valence-corrected chi connectivity index (χ3v) is 5.91. The molecule has 0 aromatic heterocycles. The number of hydrogen-bond donors (Lipinski definition) is 1. The zero-order valence-electron chi connectivity index (χ0n) is 12.1. The number of unbranched alkanes of at least 4 members (excludes halogenated alkanes) is 1. The number of sulfone groups is 1. The summed E-state index contributed by atoms with van der Waals surface area (Å²) in [6.45, 7) is 0. The van der Waals surface area contributed by atoms with Gasteiger partial charge in [-0.25, -0.2) is 8.42 Å². The number of nitrogens with zero attached hydrogens (tertiary/aromatic N) is 1. The van der Waals surface area contributed by atoms with Crippen molar-refractivity contribution in [2.24, 2.45) is 4.99 Å². The molecule has 0 bridgehead atoms. The molecule has 0 spiro atoms. The van der Waals surface area contributed by atoms with Crippen molar-refractivity contribution in [1.29, 1.82) is 0 Å². The second-order valence-corrected chi connectivity index (χ2v) is 9.39. The van der Waals surface area contributed by atoms with Crippen LogP contribution >= 0.6 is 0 Å². The molecule has 1 fully saturated rings. The number of allylic oxidation sites excluding steroid dienone is 1. The molecule has 1 N–H and O–H groups in total. The SMILES string of the molecule is CS(=O)(=O)C1N=C2CCCCC2=C1CCCCS(=O)(=O)O. The van der Waals surface area contributed by atoms with Crippen molar-refractivity contribution in [1.82, 2.24) is 0 Å². The summed E-state index contributed by atoms with van der Waals surface area (Å²) in [5.41, 5.74) is 2.83. The Balaban J connectivity index is 2.10. The molecular formula is C13H21NO5S2. The van der Waals surface area contributed by atoms with E-state index in [4.69, 9.17) is 4.55 Å². The van der Waals surface area contributed by atoms with Crippen LogP contribution in [0.3, 0.4) is 0 Å². The summed E-state index contributed by atoms with van der Waals surface area (Å²) in [5.74, 6) is -0.285. The van der Waals surface area contributed by atoms with Crippen LogP contribution in [0.25, 0.3) is 0 Å². The van der Waals surface area contributed by atoms with Crippen LogP contribution in [0, 0.1) is 0 Å². The Morgan fingerprint density at radius 2 is 1.81 bits per heavy atom. The van der Waals surface area contributed by atoms with E-state index in [9.17, 15) is 16.8 Å². The fourth-order valence-electron chi connectivity index (χ4n) is 2.97. The van der Waals surface area contributed by atoms with E-state index in [-0.39, 0.29) is 5.75 Å². The van der Waals surface area contributed by atoms with Gasteiger partial charge in [0, 0.05) is 12.0 Å². The fourth-order valence-corrected chi connectivity index (χ4v) is 4.64. The van der Waals surface area contributed by atoms with Crippen LogP contribution in [0.2, 0.25) is 0 Å². The summed E-state index contributed by atoms with van der Waals surface area (Å²) in [6.07, 6.45) is 6.34. The topological polar surface area (TPSA) is 101 Å². The molecule has 1 heterocycles. The molecule has 21 heavy (non-hydrogen) atoms. The summed E-state index contributed by atoms with van der Waals surface area (Å²) in [4.78, 5) is 4.38. The monoisotopic (exact) mass is 335 g/mol. The zero-order chi connectivity index (χ0) is 15.7. The van der Waals surface area contributed by atoms with Crippen molar-refractivity contribution < 1.29 is 21.4 Å². The molecule has 120 valence electrons. The van der Waals surface area contributed by atoms with E-state index in [0.717, 1.165) is 42.5 Å². The first kappa shape index (κ1) is 16.6. The van der Waals surface area contributed by atoms with E-state index in [1.165, 1.54) is 6.26 Å². The van der Waals surface area contributed by atoms with Crippen LogP contribution in [-0.4, -0.2) is 44.5 Å². The Hall–Kier alpha value is -0.730. The summed E-state index contributed by atoms with van der Waals surface area (Å²) in [6, 6.07) is 0. The second kappa shape index (κ2) is 6.18. The molecule has 1 atom stereocenters. The number of fused-ring (bicyclic) bond motifs is 1. The molecular weight excluding hydrogens is 314 g/mol. The van der Waals surface area contributed by atoms with Gasteiger partial charge in [0.1, 0.15) is 0 Å². The molecule has 2 aliphatic rings. The van der Waals surface area contributed by atoms with Gasteiger partial charge < -0.3 is 0 Å². The highest BCUT2D eigenvalue weighted by Gasteiger charge is 2.34. The highest BCUT2D eigenvalue weighted by Crippen LogP contribution is 2.36. The van der Waals surface area contributed by atoms with Crippen LogP contribution in [-0.2, 0) is 20.0 Å². The highest BCUT2D eigenvalue weighted by atomic mass is 32.2. The standard InChI is InChI=1S/C13H21NO5S2/c1-20(15,16)13-11(7-4-5-9-21(17,18)19)10-6-2-3-8-12(10)14-13/h13H,2-9H2,1H3,(H,17,18,19). The van der Waals surface area contributed by atoms with Gasteiger partial charge in [0.25, 0.3) is 10.1 Å². The van der Waals surface area contributed by atoms with E-state index in [0.29, 0.717) is 19.3 Å². The Labute approximate surface area is 126 Å². The molecule has 0 saturated heterocycles. The minimum Gasteiger partial charge on any atom is -0.286 e. The van der Waals surface area contributed by atoms with Gasteiger partial charge in [-0.05, 0) is 56.1 Å². The molecule has 1 unspecified atom stereocenters. The lowest BCUT2D eigenvalue weighted by atomic mass is 9.89. The Bertz CT molecular complexity index is 673. The number of hydrogen-bond acceptors (Lipinski definition) is 5. The molecule has 1 aliphatic heterocycles. The molecule has 0 aromatic carbocycles. The van der Waals surface area contributed by atoms with Crippen molar-refractivity contribution >= 4 is 25.7 Å². The van der Waals surface area contributed by atoms with Crippen molar-refractivity contribution in [3.63, 3.8) is 0 Å². The average Bonchev–Trinajstić information content (AvgIpc) is 2.72. The Morgan fingerprint density at radius 3 is 2.43 bits per heavy atom. The molecule has 6 nitrogen and oxygen atoms in total. The Morgan fingerprint density at radius 1 is 1.14 bits per heavy atom. The van der Waals surface area contributed by atoms with Crippen molar-refractivity contribution in [3.05, 3.63) is 11.1 Å². The van der Waals surface area contributed by atoms with E-state index in [2.05, 4.69) is 4.99 Å². The van der Waals surface area contributed by atoms with Crippen LogP contribution in [0.4, 0.5) is 0 Å². The van der Waals surface area contributed by atoms with Gasteiger partial charge in [-0.3, -0.25) is 9.55 Å². The van der Waals surface area contributed by atoms with E-state index < -0.39 is 25.3 Å². The maximum atomic E-state index is 11.9. The first-order valence-electron chi connectivity index (χ1n) is 7.11. The summed E-state index contributed by atoms with van der Waals surface area (Å²) in [7, 11) is -7.24. The first-order valence-corrected chi connectivity index (χ1v) is 10.7. The predicted octanol–water partition coefficient (Wildman–Crippen LogP) is 1.74. The van der Waals surface area contributed by atoms with Crippen molar-refractivity contribution in [2.45, 2.75) is 50.3 Å². The first-order chi connectivity index (χ1) is 9.68. The third-order valence-electron chi connectivity index (χ3n) is 3.90. The highest BCUT2D eigenvalue weighted by molar-refractivity contribution is 7.91. The molecule has 1 aliphatic carbocycles. The van der Waals surface area contributed by atoms with Gasteiger partial charge in [0.05, 0.1) is 5.75 Å². The smallest absolute Gasteiger partial charge is 0.264 e. The molecule has 2 rings (SSSR count). The molecule has 0 radical (unpaired) electrons. The van der Waals surface area contributed by atoms with Crippen LogP contribution in [0.1, 0.15) is 44.9 Å². The summed E-state index contributed by atoms with van der Waals surface area (Å²) in [5, 5.41) is -0.786. The lowest BCUT2D eigenvalue weighted by Crippen LogP contribution is -2.18. The number of aliphatic imine (C=N–C) groups is 1. The van der Waals surface area contributed by atoms with Gasteiger partial charge in [-0.2, -0.15) is 8.42 Å². The molecule has 8 heteroatoms. The summed E-state index contributed by atoms with van der Waals surface area (Å²) < 4.78 is 53.9. The minimum atomic E-state index is -3.95. The maximum Gasteiger partial charge on any atom is 0.264 e. The van der Waals surface area contributed by atoms with Crippen molar-refractivity contribution in [3.8, 4) is 0 Å². The van der Waals surface area contributed by atoms with Gasteiger partial charge in [0.2, 0.25) is 0 Å². The molecule has 0 aromatic rings. The van der Waals surface area contributed by atoms with Crippen LogP contribution in [0.5, 0.6) is 0 Å². The quantitative estimate of drug-likeness (QED) is 0.588.